The van der Waals surface area contributed by atoms with Crippen LogP contribution in [0.25, 0.3) is 0 Å². The zero-order chi connectivity index (χ0) is 14.5. The maximum atomic E-state index is 12.1. The number of hydrogen-bond donors (Lipinski definition) is 0. The second kappa shape index (κ2) is 6.83. The van der Waals surface area contributed by atoms with Crippen molar-refractivity contribution in [2.24, 2.45) is 0 Å². The average molecular weight is 281 g/mol. The van der Waals surface area contributed by atoms with Crippen molar-refractivity contribution in [2.75, 3.05) is 19.7 Å². The molecule has 1 aliphatic rings. The van der Waals surface area contributed by atoms with E-state index in [9.17, 15) is 4.79 Å². The van der Waals surface area contributed by atoms with Crippen LogP contribution in [0.2, 0.25) is 0 Å². The largest absolute Gasteiger partial charge is 0.375 e. The van der Waals surface area contributed by atoms with E-state index >= 15 is 0 Å². The molecule has 20 heavy (non-hydrogen) atoms. The minimum Gasteiger partial charge on any atom is -0.375 e. The molecule has 6 heteroatoms. The van der Waals surface area contributed by atoms with E-state index in [1.807, 2.05) is 25.7 Å². The number of hydrogen-bond acceptors (Lipinski definition) is 5. The third-order valence-corrected chi connectivity index (χ3v) is 3.38. The normalized spacial score (nSPS) is 19.6. The Labute approximate surface area is 119 Å². The zero-order valence-corrected chi connectivity index (χ0v) is 12.5. The summed E-state index contributed by atoms with van der Waals surface area (Å²) in [4.78, 5) is 18.2. The summed E-state index contributed by atoms with van der Waals surface area (Å²) in [5.74, 6) is 1.80. The van der Waals surface area contributed by atoms with Crippen LogP contribution in [0.4, 0.5) is 0 Å². The number of aryl methyl sites for hydroxylation is 1. The van der Waals surface area contributed by atoms with E-state index in [0.29, 0.717) is 38.4 Å². The molecule has 1 aromatic heterocycles. The second-order valence-electron chi connectivity index (χ2n) is 5.58. The Hall–Kier alpha value is -1.43. The zero-order valence-electron chi connectivity index (χ0n) is 12.5. The predicted octanol–water partition coefficient (Wildman–Crippen LogP) is 1.76. The Morgan fingerprint density at radius 3 is 2.95 bits per heavy atom. The quantitative estimate of drug-likeness (QED) is 0.822. The van der Waals surface area contributed by atoms with Gasteiger partial charge in [0.25, 0.3) is 0 Å². The molecule has 1 amide bonds. The van der Waals surface area contributed by atoms with Crippen molar-refractivity contribution in [3.8, 4) is 0 Å². The Kier molecular flexibility index (Phi) is 5.11. The SMILES string of the molecule is CC(C)c1noc(CCCC(=O)N2CCO[C@@H](C)C2)n1. The van der Waals surface area contributed by atoms with Crippen molar-refractivity contribution in [3.05, 3.63) is 11.7 Å². The van der Waals surface area contributed by atoms with E-state index in [-0.39, 0.29) is 17.9 Å². The summed E-state index contributed by atoms with van der Waals surface area (Å²) in [5, 5.41) is 3.92. The fourth-order valence-electron chi connectivity index (χ4n) is 2.20. The maximum absolute atomic E-state index is 12.1. The van der Waals surface area contributed by atoms with Crippen molar-refractivity contribution in [1.82, 2.24) is 15.0 Å². The number of carbonyl (C=O) groups excluding carboxylic acids is 1. The summed E-state index contributed by atoms with van der Waals surface area (Å²) in [7, 11) is 0. The number of rotatable bonds is 5. The molecule has 6 nitrogen and oxygen atoms in total. The lowest BCUT2D eigenvalue weighted by atomic mass is 10.2. The van der Waals surface area contributed by atoms with E-state index in [1.165, 1.54) is 0 Å². The van der Waals surface area contributed by atoms with Gasteiger partial charge in [-0.2, -0.15) is 4.98 Å². The van der Waals surface area contributed by atoms with Crippen LogP contribution >= 0.6 is 0 Å². The number of carbonyl (C=O) groups is 1. The highest BCUT2D eigenvalue weighted by Gasteiger charge is 2.21. The Morgan fingerprint density at radius 1 is 1.50 bits per heavy atom. The lowest BCUT2D eigenvalue weighted by molar-refractivity contribution is -0.138. The van der Waals surface area contributed by atoms with E-state index in [0.717, 1.165) is 12.2 Å². The van der Waals surface area contributed by atoms with Crippen molar-refractivity contribution in [1.29, 1.82) is 0 Å². The smallest absolute Gasteiger partial charge is 0.226 e. The van der Waals surface area contributed by atoms with Crippen molar-refractivity contribution in [3.63, 3.8) is 0 Å². The predicted molar refractivity (Wildman–Crippen MR) is 73.3 cm³/mol. The minimum atomic E-state index is 0.136. The van der Waals surface area contributed by atoms with Gasteiger partial charge in [0.2, 0.25) is 11.8 Å². The van der Waals surface area contributed by atoms with Crippen LogP contribution in [0.3, 0.4) is 0 Å². The molecular weight excluding hydrogens is 258 g/mol. The highest BCUT2D eigenvalue weighted by Crippen LogP contribution is 2.12. The first-order chi connectivity index (χ1) is 9.56. The molecule has 0 aliphatic carbocycles. The molecular formula is C14H23N3O3. The maximum Gasteiger partial charge on any atom is 0.226 e. The number of amides is 1. The minimum absolute atomic E-state index is 0.136. The fraction of sp³-hybridized carbons (Fsp3) is 0.786. The van der Waals surface area contributed by atoms with Gasteiger partial charge in [-0.25, -0.2) is 0 Å². The third kappa shape index (κ3) is 4.03. The summed E-state index contributed by atoms with van der Waals surface area (Å²) < 4.78 is 10.6. The first-order valence-corrected chi connectivity index (χ1v) is 7.28. The summed E-state index contributed by atoms with van der Waals surface area (Å²) >= 11 is 0. The van der Waals surface area contributed by atoms with Gasteiger partial charge in [0, 0.05) is 31.8 Å². The summed E-state index contributed by atoms with van der Waals surface area (Å²) in [6.45, 7) is 8.06. The number of ether oxygens (including phenoxy) is 1. The van der Waals surface area contributed by atoms with Gasteiger partial charge in [-0.3, -0.25) is 4.79 Å². The standard InChI is InChI=1S/C14H23N3O3/c1-10(2)14-15-12(20-16-14)5-4-6-13(18)17-7-8-19-11(3)9-17/h10-11H,4-9H2,1-3H3/t11-/m0/s1. The fourth-order valence-corrected chi connectivity index (χ4v) is 2.20. The Bertz CT molecular complexity index is 445. The molecule has 1 atom stereocenters. The summed E-state index contributed by atoms with van der Waals surface area (Å²) in [6.07, 6.45) is 2.05. The van der Waals surface area contributed by atoms with Gasteiger partial charge in [-0.05, 0) is 13.3 Å². The van der Waals surface area contributed by atoms with Crippen molar-refractivity contribution < 1.29 is 14.1 Å². The molecule has 112 valence electrons. The number of nitrogens with zero attached hydrogens (tertiary/aromatic N) is 3. The van der Waals surface area contributed by atoms with Gasteiger partial charge in [-0.15, -0.1) is 0 Å². The van der Waals surface area contributed by atoms with Gasteiger partial charge < -0.3 is 14.2 Å². The van der Waals surface area contributed by atoms with Crippen LogP contribution in [0.5, 0.6) is 0 Å². The second-order valence-corrected chi connectivity index (χ2v) is 5.58. The first kappa shape index (κ1) is 15.0. The lowest BCUT2D eigenvalue weighted by Crippen LogP contribution is -2.44. The van der Waals surface area contributed by atoms with E-state index in [2.05, 4.69) is 10.1 Å². The molecule has 0 radical (unpaired) electrons. The van der Waals surface area contributed by atoms with Gasteiger partial charge in [0.1, 0.15) is 0 Å². The molecule has 1 aromatic rings. The molecule has 0 unspecified atom stereocenters. The van der Waals surface area contributed by atoms with Crippen LogP contribution in [-0.4, -0.2) is 46.7 Å². The summed E-state index contributed by atoms with van der Waals surface area (Å²) in [5.41, 5.74) is 0. The topological polar surface area (TPSA) is 68.5 Å². The molecule has 1 aliphatic heterocycles. The van der Waals surface area contributed by atoms with Crippen molar-refractivity contribution in [2.45, 2.75) is 52.1 Å². The van der Waals surface area contributed by atoms with E-state index in [1.54, 1.807) is 0 Å². The highest BCUT2D eigenvalue weighted by molar-refractivity contribution is 5.76. The molecule has 1 saturated heterocycles. The number of morpholine rings is 1. The molecule has 0 aromatic carbocycles. The van der Waals surface area contributed by atoms with Gasteiger partial charge in [0.15, 0.2) is 5.82 Å². The highest BCUT2D eigenvalue weighted by atomic mass is 16.5. The van der Waals surface area contributed by atoms with E-state index < -0.39 is 0 Å². The van der Waals surface area contributed by atoms with Crippen molar-refractivity contribution >= 4 is 5.91 Å². The third-order valence-electron chi connectivity index (χ3n) is 3.38. The van der Waals surface area contributed by atoms with Gasteiger partial charge in [0.05, 0.1) is 12.7 Å². The first-order valence-electron chi connectivity index (χ1n) is 7.28. The summed E-state index contributed by atoms with van der Waals surface area (Å²) in [6, 6.07) is 0. The average Bonchev–Trinajstić information content (AvgIpc) is 2.87. The molecule has 0 spiro atoms. The lowest BCUT2D eigenvalue weighted by Gasteiger charge is -2.31. The van der Waals surface area contributed by atoms with Gasteiger partial charge >= 0.3 is 0 Å². The molecule has 2 heterocycles. The van der Waals surface area contributed by atoms with Crippen LogP contribution in [0.15, 0.2) is 4.52 Å². The molecule has 0 bridgehead atoms. The van der Waals surface area contributed by atoms with Crippen LogP contribution < -0.4 is 0 Å². The molecule has 2 rings (SSSR count). The molecule has 0 saturated carbocycles. The number of aromatic nitrogens is 2. The monoisotopic (exact) mass is 281 g/mol. The Balaban J connectivity index is 1.73. The molecule has 0 N–H and O–H groups in total. The molecule has 1 fully saturated rings. The van der Waals surface area contributed by atoms with Crippen LogP contribution in [0, 0.1) is 0 Å². The van der Waals surface area contributed by atoms with E-state index in [4.69, 9.17) is 9.26 Å². The van der Waals surface area contributed by atoms with Gasteiger partial charge in [-0.1, -0.05) is 19.0 Å². The Morgan fingerprint density at radius 2 is 2.30 bits per heavy atom. The van der Waals surface area contributed by atoms with Crippen LogP contribution in [0.1, 0.15) is 51.2 Å². The van der Waals surface area contributed by atoms with Crippen LogP contribution in [-0.2, 0) is 16.0 Å².